The van der Waals surface area contributed by atoms with Gasteiger partial charge < -0.3 is 9.80 Å². The normalized spacial score (nSPS) is 12.0. The topological polar surface area (TPSA) is 6.48 Å². The molecule has 1 aliphatic rings. The molecule has 0 atom stereocenters. The largest absolute Gasteiger partial charge is 0.310 e. The summed E-state index contributed by atoms with van der Waals surface area (Å²) in [4.78, 5) is 4.95. The van der Waals surface area contributed by atoms with Crippen LogP contribution in [0.5, 0.6) is 0 Å². The predicted molar refractivity (Wildman–Crippen MR) is 344 cm³/mol. The number of hydrogen-bond acceptors (Lipinski definition) is 2. The van der Waals surface area contributed by atoms with Gasteiger partial charge in [-0.1, -0.05) is 236 Å². The van der Waals surface area contributed by atoms with E-state index in [0.717, 1.165) is 22.7 Å². The summed E-state index contributed by atoms with van der Waals surface area (Å²) in [6.07, 6.45) is 0. The number of hydrogen-bond donors (Lipinski definition) is 0. The van der Waals surface area contributed by atoms with Crippen molar-refractivity contribution in [1.29, 1.82) is 0 Å². The number of para-hydroxylation sites is 2. The Bertz CT molecular complexity index is 3990. The van der Waals surface area contributed by atoms with Gasteiger partial charge in [0.1, 0.15) is 0 Å². The van der Waals surface area contributed by atoms with Crippen molar-refractivity contribution in [1.82, 2.24) is 0 Å². The Morgan fingerprint density at radius 1 is 0.237 bits per heavy atom. The molecule has 0 fully saturated rings. The summed E-state index contributed by atoms with van der Waals surface area (Å²) in [7, 11) is 0. The summed E-state index contributed by atoms with van der Waals surface area (Å²) in [5.41, 5.74) is 26.7. The van der Waals surface area contributed by atoms with E-state index < -0.39 is 0 Å². The molecule has 2 heteroatoms. The van der Waals surface area contributed by atoms with Gasteiger partial charge in [-0.15, -0.1) is 0 Å². The molecule has 0 bridgehead atoms. The third-order valence-corrected chi connectivity index (χ3v) is 16.5. The van der Waals surface area contributed by atoms with E-state index >= 15 is 0 Å². The molecule has 0 aromatic heterocycles. The molecule has 2 nitrogen and oxygen atoms in total. The molecule has 1 aliphatic carbocycles. The number of anilines is 6. The Morgan fingerprint density at radius 3 is 0.800 bits per heavy atom. The van der Waals surface area contributed by atoms with Gasteiger partial charge in [0.2, 0.25) is 0 Å². The molecule has 12 aromatic rings. The maximum atomic E-state index is 2.49. The van der Waals surface area contributed by atoms with Crippen LogP contribution in [0.15, 0.2) is 255 Å². The maximum Gasteiger partial charge on any atom is 0.0493 e. The fourth-order valence-electron chi connectivity index (χ4n) is 12.4. The minimum Gasteiger partial charge on any atom is -0.310 e. The molecule has 0 aliphatic heterocycles. The van der Waals surface area contributed by atoms with Crippen LogP contribution in [-0.2, 0) is 10.8 Å². The van der Waals surface area contributed by atoms with E-state index in [4.69, 9.17) is 0 Å². The highest BCUT2D eigenvalue weighted by atomic mass is 15.1. The van der Waals surface area contributed by atoms with E-state index in [1.807, 2.05) is 0 Å². The molecule has 0 saturated carbocycles. The second-order valence-corrected chi connectivity index (χ2v) is 23.8. The van der Waals surface area contributed by atoms with Crippen molar-refractivity contribution >= 4 is 55.7 Å². The van der Waals surface area contributed by atoms with Gasteiger partial charge in [-0.2, -0.15) is 0 Å². The van der Waals surface area contributed by atoms with Crippen LogP contribution >= 0.6 is 0 Å². The minimum atomic E-state index is -0.0336. The summed E-state index contributed by atoms with van der Waals surface area (Å²) < 4.78 is 0. The van der Waals surface area contributed by atoms with Gasteiger partial charge in [-0.05, 0) is 196 Å². The first-order valence-electron chi connectivity index (χ1n) is 28.3. The van der Waals surface area contributed by atoms with Crippen LogP contribution in [0, 0.1) is 13.8 Å². The van der Waals surface area contributed by atoms with Crippen LogP contribution in [0.3, 0.4) is 0 Å². The average Bonchev–Trinajstić information content (AvgIpc) is 3.67. The van der Waals surface area contributed by atoms with Crippen molar-refractivity contribution in [2.45, 2.75) is 66.2 Å². The average molecular weight is 1030 g/mol. The molecule has 80 heavy (non-hydrogen) atoms. The molecule has 0 radical (unpaired) electrons. The lowest BCUT2D eigenvalue weighted by Gasteiger charge is -2.38. The molecule has 0 saturated heterocycles. The van der Waals surface area contributed by atoms with Gasteiger partial charge in [0.25, 0.3) is 0 Å². The first-order valence-corrected chi connectivity index (χ1v) is 28.3. The highest BCUT2D eigenvalue weighted by Gasteiger charge is 2.39. The van der Waals surface area contributed by atoms with E-state index in [1.165, 1.54) is 122 Å². The minimum absolute atomic E-state index is 0.0336. The SMILES string of the molecule is Cc1ccc(C(C)(C)C)cc1N(c1ccccc1)c1ccc2c(-c3ccccc3)c3c(c(-c4ccccc4)c2c1)-c1c-3c(-c2ccccc2)c2cc(N(c3ccccc3)c3cc(C(C)(C)C)ccc3C)ccc2c1-c1ccccc1. The summed E-state index contributed by atoms with van der Waals surface area (Å²) in [5, 5.41) is 4.86. The van der Waals surface area contributed by atoms with Crippen molar-refractivity contribution < 1.29 is 0 Å². The van der Waals surface area contributed by atoms with Gasteiger partial charge in [-0.25, -0.2) is 0 Å². The smallest absolute Gasteiger partial charge is 0.0493 e. The zero-order valence-electron chi connectivity index (χ0n) is 47.1. The number of nitrogens with zero attached hydrogens (tertiary/aromatic N) is 2. The first kappa shape index (κ1) is 50.3. The van der Waals surface area contributed by atoms with Crippen LogP contribution in [0.2, 0.25) is 0 Å². The molecule has 0 heterocycles. The lowest BCUT2D eigenvalue weighted by molar-refractivity contribution is 0.590. The maximum absolute atomic E-state index is 2.49. The number of aryl methyl sites for hydroxylation is 2. The van der Waals surface area contributed by atoms with Crippen LogP contribution in [0.25, 0.3) is 88.3 Å². The van der Waals surface area contributed by atoms with Gasteiger partial charge in [-0.3, -0.25) is 0 Å². The zero-order valence-corrected chi connectivity index (χ0v) is 47.1. The van der Waals surface area contributed by atoms with E-state index in [1.54, 1.807) is 0 Å². The molecule has 13 rings (SSSR count). The van der Waals surface area contributed by atoms with E-state index in [0.29, 0.717) is 0 Å². The molecule has 0 unspecified atom stereocenters. The van der Waals surface area contributed by atoms with Crippen LogP contribution in [0.1, 0.15) is 63.8 Å². The van der Waals surface area contributed by atoms with Gasteiger partial charge >= 0.3 is 0 Å². The Morgan fingerprint density at radius 2 is 0.512 bits per heavy atom. The summed E-state index contributed by atoms with van der Waals surface area (Å²) in [6.45, 7) is 18.3. The standard InChI is InChI=1S/C78H66N2/c1-51-39-41-57(77(3,4)5)47-67(51)79(59-35-23-13-24-36-59)61-43-45-63-65(49-61)71(55-31-19-11-20-32-55)75-73(69(63)53-27-15-9-16-28-53)76-72(56-33-21-12-22-34-56)66-50-62(44-46-64(66)70(74(75)76)54-29-17-10-18-30-54)80(60-37-25-14-26-38-60)68-48-58(78(6,7)8)42-40-52(68)2/h9-50H,1-8H3. The Hall–Kier alpha value is -9.24. The van der Waals surface area contributed by atoms with Crippen molar-refractivity contribution in [3.05, 3.63) is 277 Å². The van der Waals surface area contributed by atoms with E-state index in [9.17, 15) is 0 Å². The molecule has 0 spiro atoms. The quantitative estimate of drug-likeness (QED) is 0.135. The van der Waals surface area contributed by atoms with Crippen molar-refractivity contribution in [3.63, 3.8) is 0 Å². The molecule has 0 amide bonds. The molecular weight excluding hydrogens is 965 g/mol. The zero-order chi connectivity index (χ0) is 54.9. The lowest BCUT2D eigenvalue weighted by Crippen LogP contribution is -2.16. The first-order chi connectivity index (χ1) is 38.8. The second-order valence-electron chi connectivity index (χ2n) is 23.8. The summed E-state index contributed by atoms with van der Waals surface area (Å²) in [6, 6.07) is 95.0. The second kappa shape index (κ2) is 19.9. The van der Waals surface area contributed by atoms with Crippen molar-refractivity contribution in [2.75, 3.05) is 9.80 Å². The van der Waals surface area contributed by atoms with Crippen LogP contribution < -0.4 is 9.80 Å². The fraction of sp³-hybridized carbons (Fsp3) is 0.128. The third kappa shape index (κ3) is 8.68. The fourth-order valence-corrected chi connectivity index (χ4v) is 12.4. The molecule has 0 N–H and O–H groups in total. The number of benzene rings is 12. The third-order valence-electron chi connectivity index (χ3n) is 16.5. The van der Waals surface area contributed by atoms with E-state index in [-0.39, 0.29) is 10.8 Å². The lowest BCUT2D eigenvalue weighted by atomic mass is 9.65. The van der Waals surface area contributed by atoms with Crippen LogP contribution in [0.4, 0.5) is 34.1 Å². The molecule has 388 valence electrons. The Labute approximate surface area is 472 Å². The monoisotopic (exact) mass is 1030 g/mol. The Balaban J connectivity index is 1.18. The van der Waals surface area contributed by atoms with Gasteiger partial charge in [0.05, 0.1) is 0 Å². The summed E-state index contributed by atoms with van der Waals surface area (Å²) in [5.74, 6) is 0. The molecular formula is C78H66N2. The van der Waals surface area contributed by atoms with Crippen LogP contribution in [-0.4, -0.2) is 0 Å². The highest BCUT2D eigenvalue weighted by molar-refractivity contribution is 6.33. The summed E-state index contributed by atoms with van der Waals surface area (Å²) >= 11 is 0. The number of rotatable bonds is 10. The van der Waals surface area contributed by atoms with Crippen molar-refractivity contribution in [3.8, 4) is 66.8 Å². The van der Waals surface area contributed by atoms with Crippen molar-refractivity contribution in [2.24, 2.45) is 0 Å². The predicted octanol–water partition coefficient (Wildman–Crippen LogP) is 22.5. The van der Waals surface area contributed by atoms with Gasteiger partial charge in [0.15, 0.2) is 0 Å². The van der Waals surface area contributed by atoms with Gasteiger partial charge in [0, 0.05) is 34.1 Å². The number of fused-ring (bicyclic) bond motifs is 6. The highest BCUT2D eigenvalue weighted by Crippen LogP contribution is 2.66. The Kier molecular flexibility index (Phi) is 12.5. The molecule has 12 aromatic carbocycles. The van der Waals surface area contributed by atoms with E-state index in [2.05, 4.69) is 320 Å².